The Kier molecular flexibility index (Phi) is 13.8. The average Bonchev–Trinajstić information content (AvgIpc) is 3.55. The normalized spacial score (nSPS) is 23.1. The molecule has 0 amide bonds. The Morgan fingerprint density at radius 1 is 0.839 bits per heavy atom. The number of carbonyl (C=O) groups is 1. The number of aliphatic hydroxyl groups excluding tert-OH is 6. The number of hydrogen-bond acceptors (Lipinski definition) is 9. The third-order valence-corrected chi connectivity index (χ3v) is 5.76. The van der Waals surface area contributed by atoms with Crippen LogP contribution in [0.1, 0.15) is 84.0 Å². The van der Waals surface area contributed by atoms with Crippen LogP contribution in [0.3, 0.4) is 0 Å². The van der Waals surface area contributed by atoms with E-state index in [-0.39, 0.29) is 13.0 Å². The number of rotatable bonds is 19. The largest absolute Gasteiger partial charge is 0.427 e. The quantitative estimate of drug-likeness (QED) is 0.0948. The minimum absolute atomic E-state index is 0.152. The summed E-state index contributed by atoms with van der Waals surface area (Å²) < 4.78 is 10.2. The van der Waals surface area contributed by atoms with Gasteiger partial charge in [0.15, 0.2) is 6.10 Å². The molecule has 184 valence electrons. The second kappa shape index (κ2) is 15.1. The number of carbonyl (C=O) groups excluding carboxylic acids is 1. The molecule has 1 fully saturated rings. The maximum atomic E-state index is 12.1. The van der Waals surface area contributed by atoms with Crippen molar-refractivity contribution in [1.82, 2.24) is 0 Å². The molecule has 0 saturated carbocycles. The van der Waals surface area contributed by atoms with Gasteiger partial charge in [-0.1, -0.05) is 71.1 Å². The Labute approximate surface area is 185 Å². The summed E-state index contributed by atoms with van der Waals surface area (Å²) in [4.78, 5) is 12.1. The Morgan fingerprint density at radius 2 is 1.32 bits per heavy atom. The van der Waals surface area contributed by atoms with E-state index in [1.54, 1.807) is 0 Å². The molecule has 0 spiro atoms. The minimum Gasteiger partial charge on any atom is -0.427 e. The summed E-state index contributed by atoms with van der Waals surface area (Å²) in [6.45, 7) is 1.22. The van der Waals surface area contributed by atoms with Crippen molar-refractivity contribution < 1.29 is 44.9 Å². The molecule has 1 aliphatic heterocycles. The van der Waals surface area contributed by atoms with Crippen LogP contribution in [0.2, 0.25) is 0 Å². The maximum Gasteiger partial charge on any atom is 0.308 e. The number of epoxide rings is 1. The first kappa shape index (κ1) is 28.2. The molecule has 1 aliphatic rings. The standard InChI is InChI=1S/C22H42O9/c1-2-3-4-5-6-7-8-9-10-11-12-13-17(25)31-22(15-30-22)21(29)20(28)19(27)18(26)16(24)14-23/h16,18-21,23-24,26-29H,2-15H2,1H3/t16-,18-,19+,20-,21?,22?/m1/s1. The average molecular weight is 451 g/mol. The van der Waals surface area contributed by atoms with Crippen molar-refractivity contribution in [1.29, 1.82) is 0 Å². The van der Waals surface area contributed by atoms with Crippen LogP contribution in [-0.2, 0) is 14.3 Å². The Hall–Kier alpha value is -0.810. The molecule has 0 aromatic carbocycles. The fraction of sp³-hybridized carbons (Fsp3) is 0.955. The Bertz CT molecular complexity index is 484. The molecule has 9 heteroatoms. The van der Waals surface area contributed by atoms with Crippen molar-refractivity contribution in [3.63, 3.8) is 0 Å². The third kappa shape index (κ3) is 10.1. The summed E-state index contributed by atoms with van der Waals surface area (Å²) in [6.07, 6.45) is 3.50. The Morgan fingerprint density at radius 3 is 1.77 bits per heavy atom. The number of ether oxygens (including phenoxy) is 2. The highest BCUT2D eigenvalue weighted by Gasteiger charge is 2.59. The van der Waals surface area contributed by atoms with E-state index in [1.165, 1.54) is 44.9 Å². The second-order valence-corrected chi connectivity index (χ2v) is 8.53. The zero-order chi connectivity index (χ0) is 23.3. The predicted molar refractivity (Wildman–Crippen MR) is 113 cm³/mol. The van der Waals surface area contributed by atoms with E-state index in [0.717, 1.165) is 19.3 Å². The summed E-state index contributed by atoms with van der Waals surface area (Å²) >= 11 is 0. The van der Waals surface area contributed by atoms with E-state index in [1.807, 2.05) is 0 Å². The molecule has 0 aliphatic carbocycles. The molecule has 0 aromatic rings. The van der Waals surface area contributed by atoms with Gasteiger partial charge in [-0.05, 0) is 6.42 Å². The molecule has 1 heterocycles. The van der Waals surface area contributed by atoms with Crippen molar-refractivity contribution in [2.75, 3.05) is 13.2 Å². The van der Waals surface area contributed by atoms with Crippen LogP contribution in [0.4, 0.5) is 0 Å². The van der Waals surface area contributed by atoms with Gasteiger partial charge in [0.05, 0.1) is 6.61 Å². The van der Waals surface area contributed by atoms with Gasteiger partial charge in [-0.3, -0.25) is 4.79 Å². The van der Waals surface area contributed by atoms with Crippen LogP contribution in [-0.4, -0.2) is 86.1 Å². The van der Waals surface area contributed by atoms with E-state index in [9.17, 15) is 30.3 Å². The number of aliphatic hydroxyl groups is 6. The molecule has 1 rings (SSSR count). The van der Waals surface area contributed by atoms with Crippen LogP contribution in [0.15, 0.2) is 0 Å². The van der Waals surface area contributed by atoms with Gasteiger partial charge in [-0.2, -0.15) is 0 Å². The lowest BCUT2D eigenvalue weighted by atomic mass is 9.96. The van der Waals surface area contributed by atoms with E-state index >= 15 is 0 Å². The topological polar surface area (TPSA) is 160 Å². The van der Waals surface area contributed by atoms with E-state index in [2.05, 4.69) is 6.92 Å². The zero-order valence-electron chi connectivity index (χ0n) is 18.7. The van der Waals surface area contributed by atoms with Crippen molar-refractivity contribution in [2.24, 2.45) is 0 Å². The lowest BCUT2D eigenvalue weighted by Crippen LogP contribution is -2.54. The van der Waals surface area contributed by atoms with Crippen LogP contribution in [0, 0.1) is 0 Å². The van der Waals surface area contributed by atoms with E-state index < -0.39 is 48.9 Å². The van der Waals surface area contributed by atoms with E-state index in [0.29, 0.717) is 6.42 Å². The summed E-state index contributed by atoms with van der Waals surface area (Å²) in [5.41, 5.74) is 0. The zero-order valence-corrected chi connectivity index (χ0v) is 18.7. The fourth-order valence-electron chi connectivity index (χ4n) is 3.52. The minimum atomic E-state index is -1.97. The molecule has 2 unspecified atom stereocenters. The first-order chi connectivity index (χ1) is 14.8. The molecule has 0 aromatic heterocycles. The van der Waals surface area contributed by atoms with Gasteiger partial charge in [0.1, 0.15) is 31.0 Å². The Balaban J connectivity index is 2.20. The SMILES string of the molecule is CCCCCCCCCCCCCC(=O)OC1(C(O)[C@H](O)[C@@H](O)[C@H](O)[C@H](O)CO)CO1. The van der Waals surface area contributed by atoms with Crippen LogP contribution >= 0.6 is 0 Å². The molecular weight excluding hydrogens is 408 g/mol. The third-order valence-electron chi connectivity index (χ3n) is 5.76. The van der Waals surface area contributed by atoms with E-state index in [4.69, 9.17) is 14.6 Å². The second-order valence-electron chi connectivity index (χ2n) is 8.53. The molecule has 6 atom stereocenters. The highest BCUT2D eigenvalue weighted by Crippen LogP contribution is 2.35. The van der Waals surface area contributed by atoms with Gasteiger partial charge in [-0.15, -0.1) is 0 Å². The smallest absolute Gasteiger partial charge is 0.308 e. The molecular formula is C22H42O9. The fourth-order valence-corrected chi connectivity index (χ4v) is 3.52. The molecule has 0 radical (unpaired) electrons. The molecule has 1 saturated heterocycles. The van der Waals surface area contributed by atoms with Gasteiger partial charge in [-0.25, -0.2) is 0 Å². The van der Waals surface area contributed by atoms with Gasteiger partial charge in [0.2, 0.25) is 0 Å². The van der Waals surface area contributed by atoms with Crippen LogP contribution in [0.25, 0.3) is 0 Å². The number of esters is 1. The number of unbranched alkanes of at least 4 members (excludes halogenated alkanes) is 10. The first-order valence-electron chi connectivity index (χ1n) is 11.7. The monoisotopic (exact) mass is 450 g/mol. The van der Waals surface area contributed by atoms with Crippen molar-refractivity contribution >= 4 is 5.97 Å². The van der Waals surface area contributed by atoms with Crippen LogP contribution < -0.4 is 0 Å². The first-order valence-corrected chi connectivity index (χ1v) is 11.7. The predicted octanol–water partition coefficient (Wildman–Crippen LogP) is 0.754. The van der Waals surface area contributed by atoms with Crippen molar-refractivity contribution in [3.05, 3.63) is 0 Å². The molecule has 9 nitrogen and oxygen atoms in total. The van der Waals surface area contributed by atoms with Crippen molar-refractivity contribution in [3.8, 4) is 0 Å². The summed E-state index contributed by atoms with van der Waals surface area (Å²) in [5.74, 6) is -2.34. The van der Waals surface area contributed by atoms with Gasteiger partial charge in [0, 0.05) is 6.42 Å². The maximum absolute atomic E-state index is 12.1. The number of hydrogen-bond donors (Lipinski definition) is 6. The summed E-state index contributed by atoms with van der Waals surface area (Å²) in [5, 5.41) is 58.0. The highest BCUT2D eigenvalue weighted by atomic mass is 16.8. The molecule has 31 heavy (non-hydrogen) atoms. The summed E-state index contributed by atoms with van der Waals surface area (Å²) in [6, 6.07) is 0. The highest BCUT2D eigenvalue weighted by molar-refractivity contribution is 5.70. The van der Waals surface area contributed by atoms with Gasteiger partial charge < -0.3 is 40.1 Å². The van der Waals surface area contributed by atoms with Crippen molar-refractivity contribution in [2.45, 2.75) is 120 Å². The molecule has 0 bridgehead atoms. The van der Waals surface area contributed by atoms with Crippen LogP contribution in [0.5, 0.6) is 0 Å². The summed E-state index contributed by atoms with van der Waals surface area (Å²) in [7, 11) is 0. The molecule has 6 N–H and O–H groups in total. The lowest BCUT2D eigenvalue weighted by molar-refractivity contribution is -0.200. The van der Waals surface area contributed by atoms with Gasteiger partial charge >= 0.3 is 5.97 Å². The lowest BCUT2D eigenvalue weighted by Gasteiger charge is -2.30. The van der Waals surface area contributed by atoms with Gasteiger partial charge in [0.25, 0.3) is 5.79 Å².